The van der Waals surface area contributed by atoms with Crippen LogP contribution in [-0.4, -0.2) is 20.5 Å². The highest BCUT2D eigenvalue weighted by atomic mass is 127. The molecule has 0 radical (unpaired) electrons. The second kappa shape index (κ2) is 6.80. The Morgan fingerprint density at radius 1 is 1.45 bits per heavy atom. The van der Waals surface area contributed by atoms with E-state index in [0.29, 0.717) is 11.5 Å². The van der Waals surface area contributed by atoms with E-state index < -0.39 is 0 Å². The van der Waals surface area contributed by atoms with Crippen molar-refractivity contribution < 1.29 is 4.79 Å². The van der Waals surface area contributed by atoms with Gasteiger partial charge in [0.25, 0.3) is 0 Å². The van der Waals surface area contributed by atoms with Crippen LogP contribution >= 0.6 is 38.5 Å². The van der Waals surface area contributed by atoms with Gasteiger partial charge in [0.15, 0.2) is 5.78 Å². The molecule has 0 fully saturated rings. The van der Waals surface area contributed by atoms with E-state index in [-0.39, 0.29) is 12.2 Å². The molecular formula is C14H15BrIN3O. The van der Waals surface area contributed by atoms with Crippen LogP contribution in [0.25, 0.3) is 0 Å². The van der Waals surface area contributed by atoms with Crippen molar-refractivity contribution >= 4 is 44.3 Å². The molecule has 0 aliphatic carbocycles. The molecule has 0 saturated carbocycles. The van der Waals surface area contributed by atoms with Gasteiger partial charge in [-0.15, -0.1) is 0 Å². The molecule has 1 heterocycles. The zero-order valence-corrected chi connectivity index (χ0v) is 15.1. The second-order valence-electron chi connectivity index (χ2n) is 4.98. The number of carbonyl (C=O) groups excluding carboxylic acids is 1. The number of halogens is 2. The second-order valence-corrected chi connectivity index (χ2v) is 7.08. The summed E-state index contributed by atoms with van der Waals surface area (Å²) in [5.41, 5.74) is 0.691. The molecule has 0 bridgehead atoms. The van der Waals surface area contributed by atoms with E-state index in [2.05, 4.69) is 62.5 Å². The number of nitrogens with zero attached hydrogens (tertiary/aromatic N) is 3. The minimum atomic E-state index is 0.0494. The van der Waals surface area contributed by atoms with Gasteiger partial charge in [0.05, 0.1) is 6.42 Å². The largest absolute Gasteiger partial charge is 0.294 e. The van der Waals surface area contributed by atoms with Crippen LogP contribution in [0.15, 0.2) is 29.0 Å². The number of carbonyl (C=O) groups is 1. The fraction of sp³-hybridized carbons (Fsp3) is 0.357. The van der Waals surface area contributed by atoms with Crippen molar-refractivity contribution in [1.82, 2.24) is 14.8 Å². The van der Waals surface area contributed by atoms with Crippen LogP contribution in [0.5, 0.6) is 0 Å². The van der Waals surface area contributed by atoms with E-state index in [0.717, 1.165) is 20.4 Å². The van der Waals surface area contributed by atoms with E-state index in [1.54, 1.807) is 0 Å². The van der Waals surface area contributed by atoms with Crippen molar-refractivity contribution in [1.29, 1.82) is 0 Å². The highest BCUT2D eigenvalue weighted by Gasteiger charge is 2.15. The first kappa shape index (κ1) is 15.6. The quantitative estimate of drug-likeness (QED) is 0.518. The number of ketones is 1. The molecule has 0 N–H and O–H groups in total. The number of benzene rings is 1. The number of aromatic nitrogens is 3. The van der Waals surface area contributed by atoms with Crippen LogP contribution in [0.2, 0.25) is 0 Å². The number of Topliss-reactive ketones (excluding diaryl/α,β-unsaturated/α-hetero) is 1. The summed E-state index contributed by atoms with van der Waals surface area (Å²) in [4.78, 5) is 16.6. The maximum atomic E-state index is 12.4. The summed E-state index contributed by atoms with van der Waals surface area (Å²) < 4.78 is 3.67. The van der Waals surface area contributed by atoms with Crippen LogP contribution in [-0.2, 0) is 13.0 Å². The van der Waals surface area contributed by atoms with Gasteiger partial charge in [0, 0.05) is 20.2 Å². The fourth-order valence-corrected chi connectivity index (χ4v) is 2.83. The van der Waals surface area contributed by atoms with Gasteiger partial charge in [-0.05, 0) is 46.7 Å². The first-order chi connectivity index (χ1) is 9.47. The average molecular weight is 448 g/mol. The molecule has 0 aliphatic heterocycles. The van der Waals surface area contributed by atoms with Crippen molar-refractivity contribution in [3.05, 3.63) is 44.0 Å². The lowest BCUT2D eigenvalue weighted by Crippen LogP contribution is -2.14. The highest BCUT2D eigenvalue weighted by Crippen LogP contribution is 2.21. The zero-order valence-electron chi connectivity index (χ0n) is 11.3. The summed E-state index contributed by atoms with van der Waals surface area (Å²) in [6, 6.07) is 5.74. The number of hydrogen-bond donors (Lipinski definition) is 0. The topological polar surface area (TPSA) is 47.8 Å². The molecule has 6 heteroatoms. The number of hydrogen-bond acceptors (Lipinski definition) is 3. The minimum absolute atomic E-state index is 0.0494. The zero-order chi connectivity index (χ0) is 14.7. The maximum Gasteiger partial charge on any atom is 0.171 e. The molecule has 0 spiro atoms. The Kier molecular flexibility index (Phi) is 5.31. The fourth-order valence-electron chi connectivity index (χ4n) is 1.87. The molecule has 4 nitrogen and oxygen atoms in total. The summed E-state index contributed by atoms with van der Waals surface area (Å²) in [5.74, 6) is 1.23. The van der Waals surface area contributed by atoms with Gasteiger partial charge in [-0.2, -0.15) is 5.10 Å². The molecule has 0 amide bonds. The third-order valence-electron chi connectivity index (χ3n) is 2.78. The van der Waals surface area contributed by atoms with Crippen LogP contribution in [0, 0.1) is 9.49 Å². The Morgan fingerprint density at radius 2 is 2.20 bits per heavy atom. The lowest BCUT2D eigenvalue weighted by Gasteiger charge is -2.09. The Morgan fingerprint density at radius 3 is 2.90 bits per heavy atom. The van der Waals surface area contributed by atoms with E-state index in [4.69, 9.17) is 0 Å². The molecule has 1 aromatic heterocycles. The van der Waals surface area contributed by atoms with E-state index in [1.807, 2.05) is 22.9 Å². The SMILES string of the molecule is CC(C)Cn1ncnc1CC(=O)c1cc(I)ccc1Br. The molecule has 0 saturated heterocycles. The molecule has 2 aromatic rings. The molecule has 20 heavy (non-hydrogen) atoms. The molecule has 0 aliphatic rings. The Hall–Kier alpha value is -0.760. The highest BCUT2D eigenvalue weighted by molar-refractivity contribution is 14.1. The first-order valence-corrected chi connectivity index (χ1v) is 8.19. The van der Waals surface area contributed by atoms with Crippen LogP contribution < -0.4 is 0 Å². The normalized spacial score (nSPS) is 11.1. The Labute approximate surface area is 140 Å². The summed E-state index contributed by atoms with van der Waals surface area (Å²) >= 11 is 5.63. The number of rotatable bonds is 5. The van der Waals surface area contributed by atoms with Crippen molar-refractivity contribution in [2.24, 2.45) is 5.92 Å². The minimum Gasteiger partial charge on any atom is -0.294 e. The molecule has 0 atom stereocenters. The monoisotopic (exact) mass is 447 g/mol. The van der Waals surface area contributed by atoms with E-state index in [1.165, 1.54) is 6.33 Å². The standard InChI is InChI=1S/C14H15BrIN3O/c1-9(2)7-19-14(17-8-18-19)6-13(20)11-5-10(16)3-4-12(11)15/h3-5,8-9H,6-7H2,1-2H3. The third kappa shape index (κ3) is 3.88. The van der Waals surface area contributed by atoms with Gasteiger partial charge < -0.3 is 0 Å². The van der Waals surface area contributed by atoms with Crippen molar-refractivity contribution in [3.8, 4) is 0 Å². The molecule has 0 unspecified atom stereocenters. The van der Waals surface area contributed by atoms with Crippen molar-refractivity contribution in [2.45, 2.75) is 26.8 Å². The molecule has 1 aromatic carbocycles. The average Bonchev–Trinajstić information content (AvgIpc) is 2.78. The van der Waals surface area contributed by atoms with E-state index in [9.17, 15) is 4.79 Å². The van der Waals surface area contributed by atoms with Crippen molar-refractivity contribution in [3.63, 3.8) is 0 Å². The summed E-state index contributed by atoms with van der Waals surface area (Å²) in [6.07, 6.45) is 1.78. The van der Waals surface area contributed by atoms with Gasteiger partial charge >= 0.3 is 0 Å². The Balaban J connectivity index is 2.20. The van der Waals surface area contributed by atoms with Gasteiger partial charge in [0.2, 0.25) is 0 Å². The lowest BCUT2D eigenvalue weighted by molar-refractivity contribution is 0.0988. The van der Waals surface area contributed by atoms with Gasteiger partial charge in [-0.25, -0.2) is 9.67 Å². The van der Waals surface area contributed by atoms with Gasteiger partial charge in [-0.3, -0.25) is 4.79 Å². The smallest absolute Gasteiger partial charge is 0.171 e. The predicted octanol–water partition coefficient (Wildman–Crippen LogP) is 3.73. The van der Waals surface area contributed by atoms with E-state index >= 15 is 0 Å². The molecular weight excluding hydrogens is 433 g/mol. The first-order valence-electron chi connectivity index (χ1n) is 6.32. The van der Waals surface area contributed by atoms with Crippen LogP contribution in [0.3, 0.4) is 0 Å². The summed E-state index contributed by atoms with van der Waals surface area (Å²) in [7, 11) is 0. The van der Waals surface area contributed by atoms with Crippen molar-refractivity contribution in [2.75, 3.05) is 0 Å². The van der Waals surface area contributed by atoms with Crippen LogP contribution in [0.1, 0.15) is 30.0 Å². The summed E-state index contributed by atoms with van der Waals surface area (Å²) in [6.45, 7) is 5.00. The van der Waals surface area contributed by atoms with Gasteiger partial charge in [-0.1, -0.05) is 29.8 Å². The maximum absolute atomic E-state index is 12.4. The molecule has 106 valence electrons. The Bertz CT molecular complexity index is 625. The van der Waals surface area contributed by atoms with Crippen LogP contribution in [0.4, 0.5) is 0 Å². The predicted molar refractivity (Wildman–Crippen MR) is 89.8 cm³/mol. The third-order valence-corrected chi connectivity index (χ3v) is 4.14. The lowest BCUT2D eigenvalue weighted by atomic mass is 10.1. The summed E-state index contributed by atoms with van der Waals surface area (Å²) in [5, 5.41) is 4.18. The van der Waals surface area contributed by atoms with Gasteiger partial charge in [0.1, 0.15) is 12.2 Å². The molecule has 2 rings (SSSR count).